The zero-order valence-corrected chi connectivity index (χ0v) is 18.0. The molecule has 0 atom stereocenters. The molecule has 1 aromatic carbocycles. The van der Waals surface area contributed by atoms with Crippen LogP contribution in [-0.4, -0.2) is 24.6 Å². The van der Waals surface area contributed by atoms with Crippen LogP contribution < -0.4 is 16.2 Å². The first-order valence-corrected chi connectivity index (χ1v) is 10.7. The maximum Gasteiger partial charge on any atom is 0.259 e. The minimum absolute atomic E-state index is 0.158. The maximum absolute atomic E-state index is 12.4. The average molecular weight is 434 g/mol. The van der Waals surface area contributed by atoms with E-state index in [1.165, 1.54) is 44.2 Å². The number of carbonyl (C=O) groups is 2. The fourth-order valence-corrected chi connectivity index (χ4v) is 3.10. The maximum atomic E-state index is 12.4. The summed E-state index contributed by atoms with van der Waals surface area (Å²) >= 11 is 5.91. The normalized spacial score (nSPS) is 11.1. The molecule has 1 heterocycles. The highest BCUT2D eigenvalue weighted by Gasteiger charge is 2.07. The lowest BCUT2D eigenvalue weighted by molar-refractivity contribution is -0.126. The smallest absolute Gasteiger partial charge is 0.259 e. The van der Waals surface area contributed by atoms with Gasteiger partial charge in [0, 0.05) is 11.4 Å². The van der Waals surface area contributed by atoms with Gasteiger partial charge in [0.1, 0.15) is 11.8 Å². The SMILES string of the molecule is CCCCCCCCCC(=O)NCC(=O)NN=Cc1coc2ccc(Cl)cc2c1=O. The van der Waals surface area contributed by atoms with Crippen LogP contribution in [0.5, 0.6) is 0 Å². The van der Waals surface area contributed by atoms with Gasteiger partial charge in [-0.25, -0.2) is 5.43 Å². The number of carbonyl (C=O) groups excluding carboxylic acids is 2. The molecule has 1 aromatic heterocycles. The lowest BCUT2D eigenvalue weighted by Crippen LogP contribution is -2.34. The number of hydrogen-bond acceptors (Lipinski definition) is 5. The molecule has 162 valence electrons. The minimum Gasteiger partial charge on any atom is -0.463 e. The fourth-order valence-electron chi connectivity index (χ4n) is 2.93. The second kappa shape index (κ2) is 12.8. The Bertz CT molecular complexity index is 940. The number of nitrogens with one attached hydrogen (secondary N) is 2. The van der Waals surface area contributed by atoms with Gasteiger partial charge in [-0.15, -0.1) is 0 Å². The molecular formula is C22H28ClN3O4. The largest absolute Gasteiger partial charge is 0.463 e. The number of nitrogens with zero attached hydrogens (tertiary/aromatic N) is 1. The molecule has 0 spiro atoms. The minimum atomic E-state index is -0.479. The van der Waals surface area contributed by atoms with Crippen LogP contribution in [0.4, 0.5) is 0 Å². The molecule has 0 saturated heterocycles. The molecule has 0 fully saturated rings. The van der Waals surface area contributed by atoms with E-state index < -0.39 is 5.91 Å². The monoisotopic (exact) mass is 433 g/mol. The van der Waals surface area contributed by atoms with Crippen molar-refractivity contribution in [3.8, 4) is 0 Å². The van der Waals surface area contributed by atoms with Gasteiger partial charge in [0.15, 0.2) is 0 Å². The summed E-state index contributed by atoms with van der Waals surface area (Å²) in [6, 6.07) is 4.75. The van der Waals surface area contributed by atoms with Crippen molar-refractivity contribution in [1.82, 2.24) is 10.7 Å². The molecule has 2 rings (SSSR count). The highest BCUT2D eigenvalue weighted by atomic mass is 35.5. The summed E-state index contributed by atoms with van der Waals surface area (Å²) in [5, 5.41) is 7.07. The van der Waals surface area contributed by atoms with E-state index in [4.69, 9.17) is 16.0 Å². The number of benzene rings is 1. The topological polar surface area (TPSA) is 101 Å². The molecule has 2 N–H and O–H groups in total. The predicted molar refractivity (Wildman–Crippen MR) is 119 cm³/mol. The van der Waals surface area contributed by atoms with Crippen LogP contribution in [0.25, 0.3) is 11.0 Å². The fraction of sp³-hybridized carbons (Fsp3) is 0.455. The van der Waals surface area contributed by atoms with Crippen LogP contribution in [0.15, 0.2) is 38.8 Å². The van der Waals surface area contributed by atoms with Crippen molar-refractivity contribution < 1.29 is 14.0 Å². The van der Waals surface area contributed by atoms with E-state index in [1.807, 2.05) is 0 Å². The van der Waals surface area contributed by atoms with Gasteiger partial charge in [-0.1, -0.05) is 57.0 Å². The molecule has 0 aliphatic rings. The molecule has 0 bridgehead atoms. The average Bonchev–Trinajstić information content (AvgIpc) is 2.73. The Hall–Kier alpha value is -2.67. The van der Waals surface area contributed by atoms with Gasteiger partial charge >= 0.3 is 0 Å². The number of amides is 2. The van der Waals surface area contributed by atoms with Crippen molar-refractivity contribution in [3.05, 3.63) is 45.3 Å². The predicted octanol–water partition coefficient (Wildman–Crippen LogP) is 4.15. The van der Waals surface area contributed by atoms with E-state index in [1.54, 1.807) is 12.1 Å². The van der Waals surface area contributed by atoms with E-state index in [9.17, 15) is 14.4 Å². The van der Waals surface area contributed by atoms with Gasteiger partial charge < -0.3 is 9.73 Å². The first-order chi connectivity index (χ1) is 14.5. The summed E-state index contributed by atoms with van der Waals surface area (Å²) < 4.78 is 5.37. The molecule has 0 unspecified atom stereocenters. The van der Waals surface area contributed by atoms with E-state index >= 15 is 0 Å². The number of hydrogen-bond donors (Lipinski definition) is 2. The molecular weight excluding hydrogens is 406 g/mol. The van der Waals surface area contributed by atoms with Gasteiger partial charge in [-0.05, 0) is 24.6 Å². The molecule has 2 amide bonds. The van der Waals surface area contributed by atoms with Crippen molar-refractivity contribution in [1.29, 1.82) is 0 Å². The van der Waals surface area contributed by atoms with Crippen LogP contribution in [0.2, 0.25) is 5.02 Å². The highest BCUT2D eigenvalue weighted by Crippen LogP contribution is 2.16. The Labute approximate surface area is 180 Å². The van der Waals surface area contributed by atoms with E-state index in [2.05, 4.69) is 22.8 Å². The van der Waals surface area contributed by atoms with E-state index in [0.717, 1.165) is 19.3 Å². The number of rotatable bonds is 12. The van der Waals surface area contributed by atoms with Crippen LogP contribution in [0.3, 0.4) is 0 Å². The van der Waals surface area contributed by atoms with Gasteiger partial charge in [-0.3, -0.25) is 14.4 Å². The highest BCUT2D eigenvalue weighted by molar-refractivity contribution is 6.31. The van der Waals surface area contributed by atoms with Crippen LogP contribution in [-0.2, 0) is 9.59 Å². The first kappa shape index (κ1) is 23.6. The Balaban J connectivity index is 1.70. The van der Waals surface area contributed by atoms with Crippen LogP contribution >= 0.6 is 11.6 Å². The number of halogens is 1. The molecule has 0 aliphatic heterocycles. The summed E-state index contributed by atoms with van der Waals surface area (Å²) in [6.45, 7) is 2.01. The zero-order chi connectivity index (χ0) is 21.8. The quantitative estimate of drug-likeness (QED) is 0.298. The zero-order valence-electron chi connectivity index (χ0n) is 17.2. The van der Waals surface area contributed by atoms with Gasteiger partial charge in [-0.2, -0.15) is 5.10 Å². The summed E-state index contributed by atoms with van der Waals surface area (Å²) in [5.41, 5.74) is 2.56. The van der Waals surface area contributed by atoms with Gasteiger partial charge in [0.25, 0.3) is 5.91 Å². The van der Waals surface area contributed by atoms with Crippen LogP contribution in [0.1, 0.15) is 63.9 Å². The lowest BCUT2D eigenvalue weighted by Gasteiger charge is -2.04. The Morgan fingerprint density at radius 1 is 1.10 bits per heavy atom. The van der Waals surface area contributed by atoms with Gasteiger partial charge in [0.2, 0.25) is 11.3 Å². The van der Waals surface area contributed by atoms with Crippen molar-refractivity contribution in [3.63, 3.8) is 0 Å². The number of hydrazone groups is 1. The molecule has 8 heteroatoms. The molecule has 2 aromatic rings. The van der Waals surface area contributed by atoms with Gasteiger partial charge in [0.05, 0.1) is 23.7 Å². The number of unbranched alkanes of at least 4 members (excludes halogenated alkanes) is 6. The second-order valence-corrected chi connectivity index (χ2v) is 7.54. The third-order valence-corrected chi connectivity index (χ3v) is 4.84. The lowest BCUT2D eigenvalue weighted by atomic mass is 10.1. The molecule has 0 radical (unpaired) electrons. The van der Waals surface area contributed by atoms with Crippen molar-refractivity contribution in [2.75, 3.05) is 6.54 Å². The van der Waals surface area contributed by atoms with Crippen LogP contribution in [0, 0.1) is 0 Å². The van der Waals surface area contributed by atoms with Crippen molar-refractivity contribution >= 4 is 40.6 Å². The summed E-state index contributed by atoms with van der Waals surface area (Å²) in [6.07, 6.45) is 10.8. The summed E-state index contributed by atoms with van der Waals surface area (Å²) in [5.74, 6) is -0.637. The third-order valence-electron chi connectivity index (χ3n) is 4.61. The third kappa shape index (κ3) is 7.99. The summed E-state index contributed by atoms with van der Waals surface area (Å²) in [4.78, 5) is 36.0. The van der Waals surface area contributed by atoms with E-state index in [-0.39, 0.29) is 23.4 Å². The Morgan fingerprint density at radius 3 is 2.60 bits per heavy atom. The number of fused-ring (bicyclic) bond motifs is 1. The van der Waals surface area contributed by atoms with Crippen molar-refractivity contribution in [2.24, 2.45) is 5.10 Å². The molecule has 0 aliphatic carbocycles. The Morgan fingerprint density at radius 2 is 1.83 bits per heavy atom. The van der Waals surface area contributed by atoms with E-state index in [0.29, 0.717) is 22.4 Å². The summed E-state index contributed by atoms with van der Waals surface area (Å²) in [7, 11) is 0. The standard InChI is InChI=1S/C22H28ClN3O4/c1-2-3-4-5-6-7-8-9-20(27)24-14-21(28)26-25-13-16-15-30-19-11-10-17(23)12-18(19)22(16)29/h10-13,15H,2-9,14H2,1H3,(H,24,27)(H,26,28). The van der Waals surface area contributed by atoms with Crippen molar-refractivity contribution in [2.45, 2.75) is 58.3 Å². The Kier molecular flexibility index (Phi) is 10.1. The first-order valence-electron chi connectivity index (χ1n) is 10.3. The molecule has 0 saturated carbocycles. The second-order valence-electron chi connectivity index (χ2n) is 7.10. The molecule has 30 heavy (non-hydrogen) atoms. The molecule has 7 nitrogen and oxygen atoms in total.